The first-order chi connectivity index (χ1) is 18.1. The molecule has 13 heteroatoms. The fourth-order valence-corrected chi connectivity index (χ4v) is 4.18. The van der Waals surface area contributed by atoms with Gasteiger partial charge in [0.25, 0.3) is 0 Å². The molecule has 2 aliphatic heterocycles. The number of likely N-dealkylation sites (tertiary alicyclic amines) is 1. The summed E-state index contributed by atoms with van der Waals surface area (Å²) in [6.45, 7) is 6.83. The first-order valence-electron chi connectivity index (χ1n) is 12.3. The molecule has 13 nitrogen and oxygen atoms in total. The lowest BCUT2D eigenvalue weighted by atomic mass is 9.83. The molecule has 1 atom stereocenters. The minimum atomic E-state index is -1.05. The molecule has 200 valence electrons. The molecular formula is C25H31N9O4. The minimum absolute atomic E-state index is 0.0528. The van der Waals surface area contributed by atoms with Crippen molar-refractivity contribution in [1.82, 2.24) is 35.9 Å². The summed E-state index contributed by atoms with van der Waals surface area (Å²) in [5.74, 6) is -0.399. The number of piperazine rings is 1. The van der Waals surface area contributed by atoms with E-state index in [4.69, 9.17) is 10.00 Å². The van der Waals surface area contributed by atoms with Crippen molar-refractivity contribution < 1.29 is 19.1 Å². The first-order valence-corrected chi connectivity index (χ1v) is 12.3. The van der Waals surface area contributed by atoms with E-state index < -0.39 is 17.6 Å². The molecule has 0 aromatic carbocycles. The topological polar surface area (TPSA) is 174 Å². The van der Waals surface area contributed by atoms with Crippen LogP contribution in [0.5, 0.6) is 5.88 Å². The third-order valence-corrected chi connectivity index (χ3v) is 6.31. The molecule has 2 aliphatic rings. The number of urea groups is 1. The van der Waals surface area contributed by atoms with E-state index >= 15 is 0 Å². The monoisotopic (exact) mass is 521 g/mol. The predicted octanol–water partition coefficient (Wildman–Crippen LogP) is 0.897. The van der Waals surface area contributed by atoms with Gasteiger partial charge < -0.3 is 20.3 Å². The van der Waals surface area contributed by atoms with Gasteiger partial charge in [0.05, 0.1) is 12.8 Å². The number of hydrogen-bond acceptors (Lipinski definition) is 9. The van der Waals surface area contributed by atoms with E-state index in [0.717, 1.165) is 5.56 Å². The van der Waals surface area contributed by atoms with E-state index in [0.29, 0.717) is 18.7 Å². The van der Waals surface area contributed by atoms with Crippen LogP contribution in [0, 0.1) is 16.7 Å². The van der Waals surface area contributed by atoms with E-state index in [1.54, 1.807) is 29.4 Å². The highest BCUT2D eigenvalue weighted by atomic mass is 16.5. The number of carbonyl (C=O) groups excluding carboxylic acids is 3. The number of piperidine rings is 1. The van der Waals surface area contributed by atoms with Gasteiger partial charge in [-0.3, -0.25) is 25.4 Å². The van der Waals surface area contributed by atoms with Crippen LogP contribution in [0.15, 0.2) is 30.7 Å². The Kier molecular flexibility index (Phi) is 7.61. The smallest absolute Gasteiger partial charge is 0.336 e. The highest BCUT2D eigenvalue weighted by molar-refractivity contribution is 6.00. The number of aromatic nitrogens is 3. The van der Waals surface area contributed by atoms with Gasteiger partial charge in [0.1, 0.15) is 23.3 Å². The van der Waals surface area contributed by atoms with Crippen LogP contribution in [-0.2, 0) is 16.0 Å². The maximum absolute atomic E-state index is 13.0. The van der Waals surface area contributed by atoms with Gasteiger partial charge in [-0.15, -0.1) is 0 Å². The predicted molar refractivity (Wildman–Crippen MR) is 135 cm³/mol. The van der Waals surface area contributed by atoms with Crippen molar-refractivity contribution in [3.05, 3.63) is 42.1 Å². The zero-order chi connectivity index (χ0) is 27.3. The molecule has 4 N–H and O–H groups in total. The zero-order valence-corrected chi connectivity index (χ0v) is 21.6. The molecule has 2 aromatic rings. The summed E-state index contributed by atoms with van der Waals surface area (Å²) in [6.07, 6.45) is 5.57. The number of nitrogens with zero attached hydrogens (tertiary/aromatic N) is 5. The molecule has 1 unspecified atom stereocenters. The summed E-state index contributed by atoms with van der Waals surface area (Å²) in [5.41, 5.74) is 5.35. The lowest BCUT2D eigenvalue weighted by Crippen LogP contribution is -2.72. The number of rotatable bonds is 6. The summed E-state index contributed by atoms with van der Waals surface area (Å²) in [5, 5.41) is 14.9. The van der Waals surface area contributed by atoms with Crippen LogP contribution >= 0.6 is 0 Å². The second kappa shape index (κ2) is 10.9. The largest absolute Gasteiger partial charge is 0.475 e. The van der Waals surface area contributed by atoms with Crippen molar-refractivity contribution in [2.45, 2.75) is 51.6 Å². The van der Waals surface area contributed by atoms with Crippen molar-refractivity contribution in [1.29, 1.82) is 5.26 Å². The van der Waals surface area contributed by atoms with Crippen LogP contribution in [0.25, 0.3) is 0 Å². The molecule has 38 heavy (non-hydrogen) atoms. The van der Waals surface area contributed by atoms with Crippen LogP contribution in [-0.4, -0.2) is 69.0 Å². The highest BCUT2D eigenvalue weighted by Crippen LogP contribution is 2.27. The van der Waals surface area contributed by atoms with E-state index in [9.17, 15) is 14.4 Å². The molecule has 2 aromatic heterocycles. The van der Waals surface area contributed by atoms with Gasteiger partial charge in [0.2, 0.25) is 23.5 Å². The Morgan fingerprint density at radius 2 is 1.97 bits per heavy atom. The third-order valence-electron chi connectivity index (χ3n) is 6.31. The van der Waals surface area contributed by atoms with Gasteiger partial charge in [-0.05, 0) is 36.0 Å². The maximum Gasteiger partial charge on any atom is 0.336 e. The number of nitrogens with one attached hydrogen (secondary N) is 4. The van der Waals surface area contributed by atoms with E-state index in [1.165, 1.54) is 6.20 Å². The summed E-state index contributed by atoms with van der Waals surface area (Å²) < 4.78 is 5.75. The molecule has 0 bridgehead atoms. The van der Waals surface area contributed by atoms with Crippen LogP contribution in [0.3, 0.4) is 0 Å². The Labute approximate surface area is 220 Å². The normalized spacial score (nSPS) is 18.7. The Hall–Kier alpha value is -4.47. The Balaban J connectivity index is 1.32. The molecule has 2 fully saturated rings. The molecule has 1 spiro atoms. The Morgan fingerprint density at radius 1 is 1.26 bits per heavy atom. The second-order valence-corrected chi connectivity index (χ2v) is 10.6. The van der Waals surface area contributed by atoms with Crippen LogP contribution in [0.4, 0.5) is 10.5 Å². The number of carbonyl (C=O) groups is 3. The SMILES string of the molecule is CC(C)(C)COc1nc(C#N)ncc1NNC(=O)N1CCC2(CC1)NC(=O)C(Cc1ccncc1)NC2=O. The number of nitriles is 1. The van der Waals surface area contributed by atoms with Gasteiger partial charge in [-0.1, -0.05) is 20.8 Å². The molecular weight excluding hydrogens is 490 g/mol. The summed E-state index contributed by atoms with van der Waals surface area (Å²) in [6, 6.07) is 4.39. The summed E-state index contributed by atoms with van der Waals surface area (Å²) in [4.78, 5) is 52.1. The number of pyridine rings is 1. The third kappa shape index (κ3) is 6.26. The van der Waals surface area contributed by atoms with Crippen molar-refractivity contribution in [2.24, 2.45) is 5.41 Å². The maximum atomic E-state index is 13.0. The number of hydrogen-bond donors (Lipinski definition) is 4. The van der Waals surface area contributed by atoms with Crippen LogP contribution in [0.2, 0.25) is 0 Å². The van der Waals surface area contributed by atoms with Gasteiger partial charge in [0.15, 0.2) is 0 Å². The first kappa shape index (κ1) is 26.6. The number of anilines is 1. The van der Waals surface area contributed by atoms with Crippen molar-refractivity contribution in [3.63, 3.8) is 0 Å². The number of amides is 4. The van der Waals surface area contributed by atoms with Crippen molar-refractivity contribution >= 4 is 23.5 Å². The second-order valence-electron chi connectivity index (χ2n) is 10.6. The van der Waals surface area contributed by atoms with E-state index in [1.807, 2.05) is 26.8 Å². The van der Waals surface area contributed by atoms with E-state index in [-0.39, 0.29) is 54.9 Å². The molecule has 0 saturated carbocycles. The average molecular weight is 522 g/mol. The molecule has 4 rings (SSSR count). The van der Waals surface area contributed by atoms with E-state index in [2.05, 4.69) is 36.4 Å². The Bertz CT molecular complexity index is 1230. The fraction of sp³-hybridized carbons (Fsp3) is 0.480. The van der Waals surface area contributed by atoms with Gasteiger partial charge in [-0.25, -0.2) is 9.78 Å². The molecule has 4 amide bonds. The Morgan fingerprint density at radius 3 is 2.63 bits per heavy atom. The molecule has 2 saturated heterocycles. The minimum Gasteiger partial charge on any atom is -0.475 e. The van der Waals surface area contributed by atoms with Gasteiger partial charge in [-0.2, -0.15) is 10.2 Å². The lowest BCUT2D eigenvalue weighted by molar-refractivity contribution is -0.143. The van der Waals surface area contributed by atoms with Crippen LogP contribution in [0.1, 0.15) is 45.0 Å². The van der Waals surface area contributed by atoms with Gasteiger partial charge in [0, 0.05) is 31.9 Å². The molecule has 0 aliphatic carbocycles. The van der Waals surface area contributed by atoms with Crippen molar-refractivity contribution in [3.8, 4) is 11.9 Å². The average Bonchev–Trinajstić information content (AvgIpc) is 2.90. The molecule has 4 heterocycles. The zero-order valence-electron chi connectivity index (χ0n) is 21.6. The quantitative estimate of drug-likeness (QED) is 0.403. The number of ether oxygens (including phenoxy) is 1. The summed E-state index contributed by atoms with van der Waals surface area (Å²) >= 11 is 0. The summed E-state index contributed by atoms with van der Waals surface area (Å²) in [7, 11) is 0. The fourth-order valence-electron chi connectivity index (χ4n) is 4.18. The highest BCUT2D eigenvalue weighted by Gasteiger charge is 2.48. The molecule has 0 radical (unpaired) electrons. The van der Waals surface area contributed by atoms with Crippen LogP contribution < -0.4 is 26.2 Å². The standard InChI is InChI=1S/C25H31N9O4/c1-24(2,3)15-38-21-18(14-28-19(13-26)30-21)32-33-23(37)34-10-6-25(7-11-34)22(36)29-17(20(35)31-25)12-16-4-8-27-9-5-16/h4-5,8-9,14,17,32H,6-7,10-12,15H2,1-3H3,(H,29,36)(H,31,35)(H,33,37). The lowest BCUT2D eigenvalue weighted by Gasteiger charge is -2.44. The number of hydrazine groups is 1. The van der Waals surface area contributed by atoms with Crippen molar-refractivity contribution in [2.75, 3.05) is 25.1 Å². The van der Waals surface area contributed by atoms with Gasteiger partial charge >= 0.3 is 6.03 Å².